The van der Waals surface area contributed by atoms with Gasteiger partial charge in [0.25, 0.3) is 5.91 Å². The highest BCUT2D eigenvalue weighted by atomic mass is 16.5. The summed E-state index contributed by atoms with van der Waals surface area (Å²) in [4.78, 5) is 18.2. The van der Waals surface area contributed by atoms with E-state index in [-0.39, 0.29) is 0 Å². The number of rotatable bonds is 4. The van der Waals surface area contributed by atoms with Crippen LogP contribution in [0, 0.1) is 0 Å². The van der Waals surface area contributed by atoms with Gasteiger partial charge in [0.15, 0.2) is 0 Å². The van der Waals surface area contributed by atoms with Gasteiger partial charge in [-0.15, -0.1) is 0 Å². The molecule has 0 fully saturated rings. The summed E-state index contributed by atoms with van der Waals surface area (Å²) in [6.45, 7) is 2.56. The van der Waals surface area contributed by atoms with Crippen LogP contribution in [0.1, 0.15) is 27.3 Å². The van der Waals surface area contributed by atoms with Gasteiger partial charge in [-0.1, -0.05) is 0 Å². The predicted octanol–water partition coefficient (Wildman–Crippen LogP) is 2.20. The molecule has 0 saturated carbocycles. The minimum atomic E-state index is -0.562. The Balaban J connectivity index is 1.76. The predicted molar refractivity (Wildman–Crippen MR) is 101 cm³/mol. The SMILES string of the molecule is COc1ccc2c(c1)c1c(n2Cc2ccc(C(=O)NO)cn2)CCN(C)C1. The molecule has 0 spiro atoms. The number of ether oxygens (including phenoxy) is 1. The van der Waals surface area contributed by atoms with Gasteiger partial charge < -0.3 is 14.2 Å². The fourth-order valence-corrected chi connectivity index (χ4v) is 3.75. The Morgan fingerprint density at radius 2 is 2.19 bits per heavy atom. The van der Waals surface area contributed by atoms with Crippen LogP contribution in [0.5, 0.6) is 5.75 Å². The number of likely N-dealkylation sites (N-methyl/N-ethyl adjacent to an activating group) is 1. The highest BCUT2D eigenvalue weighted by Crippen LogP contribution is 2.33. The van der Waals surface area contributed by atoms with Gasteiger partial charge in [-0.2, -0.15) is 0 Å². The molecule has 27 heavy (non-hydrogen) atoms. The van der Waals surface area contributed by atoms with Crippen molar-refractivity contribution < 1.29 is 14.7 Å². The van der Waals surface area contributed by atoms with Crippen LogP contribution in [0.25, 0.3) is 10.9 Å². The molecule has 0 bridgehead atoms. The number of pyridine rings is 1. The summed E-state index contributed by atoms with van der Waals surface area (Å²) in [5.41, 5.74) is 6.64. The van der Waals surface area contributed by atoms with E-state index in [1.807, 2.05) is 12.1 Å². The number of aromatic nitrogens is 2. The normalized spacial score (nSPS) is 14.2. The van der Waals surface area contributed by atoms with Gasteiger partial charge in [0, 0.05) is 42.3 Å². The first-order valence-electron chi connectivity index (χ1n) is 8.86. The van der Waals surface area contributed by atoms with Crippen molar-refractivity contribution in [2.45, 2.75) is 19.5 Å². The van der Waals surface area contributed by atoms with Crippen LogP contribution in [0.2, 0.25) is 0 Å². The number of benzene rings is 1. The summed E-state index contributed by atoms with van der Waals surface area (Å²) in [6, 6.07) is 9.67. The minimum absolute atomic E-state index is 0.326. The zero-order chi connectivity index (χ0) is 19.0. The molecule has 1 aromatic carbocycles. The van der Waals surface area contributed by atoms with E-state index >= 15 is 0 Å². The lowest BCUT2D eigenvalue weighted by atomic mass is 10.0. The quantitative estimate of drug-likeness (QED) is 0.547. The van der Waals surface area contributed by atoms with Gasteiger partial charge in [-0.3, -0.25) is 15.0 Å². The first kappa shape index (κ1) is 17.5. The average molecular weight is 366 g/mol. The average Bonchev–Trinajstić information content (AvgIpc) is 3.00. The van der Waals surface area contributed by atoms with Crippen LogP contribution in [0.15, 0.2) is 36.5 Å². The van der Waals surface area contributed by atoms with E-state index in [1.54, 1.807) is 18.7 Å². The number of nitrogens with zero attached hydrogens (tertiary/aromatic N) is 3. The van der Waals surface area contributed by atoms with E-state index in [0.29, 0.717) is 12.1 Å². The minimum Gasteiger partial charge on any atom is -0.497 e. The first-order valence-corrected chi connectivity index (χ1v) is 8.86. The van der Waals surface area contributed by atoms with E-state index in [4.69, 9.17) is 9.94 Å². The molecule has 4 rings (SSSR count). The van der Waals surface area contributed by atoms with Gasteiger partial charge in [-0.25, -0.2) is 5.48 Å². The molecular formula is C20H22N4O3. The van der Waals surface area contributed by atoms with Crippen molar-refractivity contribution in [2.24, 2.45) is 0 Å². The Labute approximate surface area is 157 Å². The molecule has 7 heteroatoms. The summed E-state index contributed by atoms with van der Waals surface area (Å²) >= 11 is 0. The molecule has 7 nitrogen and oxygen atoms in total. The molecule has 2 aromatic heterocycles. The van der Waals surface area contributed by atoms with Gasteiger partial charge in [0.05, 0.1) is 24.9 Å². The van der Waals surface area contributed by atoms with Gasteiger partial charge in [0.1, 0.15) is 5.75 Å². The number of nitrogens with one attached hydrogen (secondary N) is 1. The number of carbonyl (C=O) groups excluding carboxylic acids is 1. The van der Waals surface area contributed by atoms with E-state index in [0.717, 1.165) is 36.5 Å². The van der Waals surface area contributed by atoms with Crippen LogP contribution in [-0.4, -0.2) is 46.3 Å². The Kier molecular flexibility index (Phi) is 4.55. The van der Waals surface area contributed by atoms with Gasteiger partial charge in [0.2, 0.25) is 0 Å². The number of hydrogen-bond acceptors (Lipinski definition) is 5. The summed E-state index contributed by atoms with van der Waals surface area (Å²) in [6.07, 6.45) is 2.46. The second-order valence-corrected chi connectivity index (χ2v) is 6.86. The molecule has 1 amide bonds. The fraction of sp³-hybridized carbons (Fsp3) is 0.300. The van der Waals surface area contributed by atoms with Crippen LogP contribution in [0.4, 0.5) is 0 Å². The lowest BCUT2D eigenvalue weighted by molar-refractivity contribution is 0.0706. The molecule has 1 aliphatic rings. The van der Waals surface area contributed by atoms with Crippen molar-refractivity contribution in [1.82, 2.24) is 19.9 Å². The van der Waals surface area contributed by atoms with E-state index in [2.05, 4.69) is 33.6 Å². The molecule has 2 N–H and O–H groups in total. The summed E-state index contributed by atoms with van der Waals surface area (Å²) in [7, 11) is 3.82. The molecule has 0 unspecified atom stereocenters. The summed E-state index contributed by atoms with van der Waals surface area (Å²) in [5.74, 6) is 0.293. The second-order valence-electron chi connectivity index (χ2n) is 6.86. The number of hydrogen-bond donors (Lipinski definition) is 2. The largest absolute Gasteiger partial charge is 0.497 e. The van der Waals surface area contributed by atoms with Gasteiger partial charge in [-0.05, 0) is 42.9 Å². The molecule has 0 aliphatic carbocycles. The standard InChI is InChI=1S/C20H22N4O3/c1-23-8-7-19-17(12-23)16-9-15(27-2)5-6-18(16)24(19)11-14-4-3-13(10-21-14)20(25)22-26/h3-6,9-10,26H,7-8,11-12H2,1-2H3,(H,22,25). The molecule has 0 atom stereocenters. The third kappa shape index (κ3) is 3.15. The lowest BCUT2D eigenvalue weighted by Gasteiger charge is -2.24. The fourth-order valence-electron chi connectivity index (χ4n) is 3.75. The number of hydroxylamine groups is 1. The monoisotopic (exact) mass is 366 g/mol. The Morgan fingerprint density at radius 1 is 1.33 bits per heavy atom. The number of methoxy groups -OCH3 is 1. The molecular weight excluding hydrogens is 344 g/mol. The highest BCUT2D eigenvalue weighted by molar-refractivity contribution is 5.93. The van der Waals surface area contributed by atoms with Crippen LogP contribution >= 0.6 is 0 Å². The summed E-state index contributed by atoms with van der Waals surface area (Å²) < 4.78 is 7.73. The summed E-state index contributed by atoms with van der Waals surface area (Å²) in [5, 5.41) is 9.95. The maximum Gasteiger partial charge on any atom is 0.276 e. The van der Waals surface area contributed by atoms with E-state index in [1.165, 1.54) is 22.8 Å². The third-order valence-electron chi connectivity index (χ3n) is 5.16. The number of fused-ring (bicyclic) bond motifs is 3. The number of carbonyl (C=O) groups is 1. The first-order chi connectivity index (χ1) is 13.1. The third-order valence-corrected chi connectivity index (χ3v) is 5.16. The Bertz CT molecular complexity index is 995. The van der Waals surface area contributed by atoms with Crippen molar-refractivity contribution in [3.05, 3.63) is 59.0 Å². The second kappa shape index (κ2) is 7.02. The van der Waals surface area contributed by atoms with Crippen LogP contribution in [-0.2, 0) is 19.5 Å². The van der Waals surface area contributed by atoms with Crippen molar-refractivity contribution >= 4 is 16.8 Å². The van der Waals surface area contributed by atoms with E-state index in [9.17, 15) is 4.79 Å². The van der Waals surface area contributed by atoms with Crippen LogP contribution < -0.4 is 10.2 Å². The van der Waals surface area contributed by atoms with E-state index < -0.39 is 5.91 Å². The molecule has 140 valence electrons. The topological polar surface area (TPSA) is 79.6 Å². The molecule has 0 saturated heterocycles. The highest BCUT2D eigenvalue weighted by Gasteiger charge is 2.23. The Morgan fingerprint density at radius 3 is 2.89 bits per heavy atom. The number of amides is 1. The maximum atomic E-state index is 11.5. The van der Waals surface area contributed by atoms with Crippen molar-refractivity contribution in [2.75, 3.05) is 20.7 Å². The lowest BCUT2D eigenvalue weighted by Crippen LogP contribution is -2.27. The van der Waals surface area contributed by atoms with Crippen molar-refractivity contribution in [1.29, 1.82) is 0 Å². The van der Waals surface area contributed by atoms with Gasteiger partial charge >= 0.3 is 0 Å². The maximum absolute atomic E-state index is 11.5. The smallest absolute Gasteiger partial charge is 0.276 e. The molecule has 3 aromatic rings. The molecule has 3 heterocycles. The Hall–Kier alpha value is -2.90. The van der Waals surface area contributed by atoms with Crippen LogP contribution in [0.3, 0.4) is 0 Å². The van der Waals surface area contributed by atoms with Crippen molar-refractivity contribution in [3.63, 3.8) is 0 Å². The molecule has 0 radical (unpaired) electrons. The molecule has 1 aliphatic heterocycles. The zero-order valence-electron chi connectivity index (χ0n) is 15.4. The van der Waals surface area contributed by atoms with Crippen molar-refractivity contribution in [3.8, 4) is 5.75 Å². The zero-order valence-corrected chi connectivity index (χ0v) is 15.4.